The van der Waals surface area contributed by atoms with E-state index in [0.29, 0.717) is 5.82 Å². The van der Waals surface area contributed by atoms with Crippen LogP contribution >= 0.6 is 0 Å². The van der Waals surface area contributed by atoms with E-state index >= 15 is 0 Å². The van der Waals surface area contributed by atoms with Crippen molar-refractivity contribution in [1.29, 1.82) is 0 Å². The molecule has 0 atom stereocenters. The lowest BCUT2D eigenvalue weighted by Gasteiger charge is -2.03. The van der Waals surface area contributed by atoms with Crippen LogP contribution in [0.25, 0.3) is 16.3 Å². The normalized spacial score (nSPS) is 12.6. The second-order valence-corrected chi connectivity index (χ2v) is 5.03. The number of aromatic nitrogens is 2. The van der Waals surface area contributed by atoms with Gasteiger partial charge in [0.1, 0.15) is 0 Å². The molecule has 108 valence electrons. The van der Waals surface area contributed by atoms with Gasteiger partial charge in [-0.25, -0.2) is 0 Å². The van der Waals surface area contributed by atoms with Gasteiger partial charge in [0, 0.05) is 10.8 Å². The average molecular weight is 288 g/mol. The van der Waals surface area contributed by atoms with E-state index in [1.165, 1.54) is 0 Å². The van der Waals surface area contributed by atoms with E-state index < -0.39 is 0 Å². The van der Waals surface area contributed by atoms with E-state index in [2.05, 4.69) is 32.6 Å². The molecule has 4 nitrogen and oxygen atoms in total. The molecule has 0 spiro atoms. The van der Waals surface area contributed by atoms with Gasteiger partial charge in [-0.2, -0.15) is 10.2 Å². The SMILES string of the molecule is CC(N=Nc1nncc2ccccc12)=C(C)c1ccccc1. The van der Waals surface area contributed by atoms with Gasteiger partial charge < -0.3 is 0 Å². The molecule has 0 aliphatic carbocycles. The minimum atomic E-state index is 0.540. The van der Waals surface area contributed by atoms with Gasteiger partial charge >= 0.3 is 0 Å². The number of benzene rings is 2. The van der Waals surface area contributed by atoms with Crippen LogP contribution < -0.4 is 0 Å². The van der Waals surface area contributed by atoms with Crippen LogP contribution in [0, 0.1) is 0 Å². The third-order valence-corrected chi connectivity index (χ3v) is 3.60. The summed E-state index contributed by atoms with van der Waals surface area (Å²) in [6.07, 6.45) is 1.73. The van der Waals surface area contributed by atoms with Crippen molar-refractivity contribution in [2.24, 2.45) is 10.2 Å². The van der Waals surface area contributed by atoms with E-state index in [9.17, 15) is 0 Å². The van der Waals surface area contributed by atoms with E-state index in [1.54, 1.807) is 6.20 Å². The molecule has 0 aliphatic heterocycles. The zero-order valence-corrected chi connectivity index (χ0v) is 12.6. The Balaban J connectivity index is 1.96. The summed E-state index contributed by atoms with van der Waals surface area (Å²) in [5.74, 6) is 0.540. The maximum Gasteiger partial charge on any atom is 0.204 e. The highest BCUT2D eigenvalue weighted by Crippen LogP contribution is 2.24. The molecule has 1 aromatic heterocycles. The van der Waals surface area contributed by atoms with Gasteiger partial charge in [-0.05, 0) is 25.0 Å². The van der Waals surface area contributed by atoms with Crippen molar-refractivity contribution in [2.75, 3.05) is 0 Å². The molecule has 0 amide bonds. The standard InChI is InChI=1S/C18H16N4/c1-13(15-8-4-3-5-9-15)14(2)20-22-18-17-11-7-6-10-16(17)12-19-21-18/h3-12H,1-2H3. The van der Waals surface area contributed by atoms with Crippen molar-refractivity contribution < 1.29 is 0 Å². The van der Waals surface area contributed by atoms with Gasteiger partial charge in [-0.15, -0.1) is 10.2 Å². The first-order chi connectivity index (χ1) is 10.8. The zero-order valence-electron chi connectivity index (χ0n) is 12.6. The van der Waals surface area contributed by atoms with Crippen molar-refractivity contribution >= 4 is 22.2 Å². The molecular formula is C18H16N4. The molecule has 0 aliphatic rings. The lowest BCUT2D eigenvalue weighted by atomic mass is 10.1. The second kappa shape index (κ2) is 6.26. The van der Waals surface area contributed by atoms with Crippen molar-refractivity contribution in [3.8, 4) is 0 Å². The van der Waals surface area contributed by atoms with Crippen LogP contribution in [0.5, 0.6) is 0 Å². The topological polar surface area (TPSA) is 50.5 Å². The van der Waals surface area contributed by atoms with Gasteiger partial charge in [-0.1, -0.05) is 54.6 Å². The van der Waals surface area contributed by atoms with Crippen molar-refractivity contribution in [2.45, 2.75) is 13.8 Å². The Bertz CT molecular complexity index is 846. The highest BCUT2D eigenvalue weighted by molar-refractivity contribution is 5.89. The molecular weight excluding hydrogens is 272 g/mol. The van der Waals surface area contributed by atoms with Crippen molar-refractivity contribution in [3.63, 3.8) is 0 Å². The van der Waals surface area contributed by atoms with Crippen molar-refractivity contribution in [3.05, 3.63) is 72.1 Å². The second-order valence-electron chi connectivity index (χ2n) is 5.03. The average Bonchev–Trinajstić information content (AvgIpc) is 2.59. The van der Waals surface area contributed by atoms with Gasteiger partial charge in [0.15, 0.2) is 0 Å². The fourth-order valence-electron chi connectivity index (χ4n) is 2.18. The Hall–Kier alpha value is -2.88. The summed E-state index contributed by atoms with van der Waals surface area (Å²) in [5.41, 5.74) is 3.10. The number of hydrogen-bond donors (Lipinski definition) is 0. The summed E-state index contributed by atoms with van der Waals surface area (Å²) in [7, 11) is 0. The number of nitrogens with zero attached hydrogens (tertiary/aromatic N) is 4. The molecule has 0 radical (unpaired) electrons. The molecule has 3 aromatic rings. The van der Waals surface area contributed by atoms with Crippen LogP contribution in [0.4, 0.5) is 5.82 Å². The number of fused-ring (bicyclic) bond motifs is 1. The van der Waals surface area contributed by atoms with Crippen LogP contribution in [-0.4, -0.2) is 10.2 Å². The Kier molecular flexibility index (Phi) is 4.01. The van der Waals surface area contributed by atoms with Crippen LogP contribution in [-0.2, 0) is 0 Å². The predicted molar refractivity (Wildman–Crippen MR) is 88.8 cm³/mol. The summed E-state index contributed by atoms with van der Waals surface area (Å²) < 4.78 is 0. The van der Waals surface area contributed by atoms with Crippen LogP contribution in [0.1, 0.15) is 19.4 Å². The molecule has 3 rings (SSSR count). The highest BCUT2D eigenvalue weighted by Gasteiger charge is 2.03. The summed E-state index contributed by atoms with van der Waals surface area (Å²) in [4.78, 5) is 0. The van der Waals surface area contributed by atoms with Crippen LogP contribution in [0.3, 0.4) is 0 Å². The smallest absolute Gasteiger partial charge is 0.156 e. The molecule has 22 heavy (non-hydrogen) atoms. The quantitative estimate of drug-likeness (QED) is 0.625. The predicted octanol–water partition coefficient (Wildman–Crippen LogP) is 5.16. The molecule has 0 fully saturated rings. The molecule has 1 heterocycles. The van der Waals surface area contributed by atoms with Crippen LogP contribution in [0.2, 0.25) is 0 Å². The summed E-state index contributed by atoms with van der Waals surface area (Å²) in [5, 5.41) is 18.6. The fourth-order valence-corrected chi connectivity index (χ4v) is 2.18. The van der Waals surface area contributed by atoms with E-state index in [-0.39, 0.29) is 0 Å². The largest absolute Gasteiger partial charge is 0.204 e. The Morgan fingerprint density at radius 3 is 2.45 bits per heavy atom. The molecule has 4 heteroatoms. The summed E-state index contributed by atoms with van der Waals surface area (Å²) in [6, 6.07) is 18.0. The van der Waals surface area contributed by atoms with Crippen molar-refractivity contribution in [1.82, 2.24) is 10.2 Å². The van der Waals surface area contributed by atoms with E-state index in [1.807, 2.05) is 56.3 Å². The lowest BCUT2D eigenvalue weighted by Crippen LogP contribution is -1.84. The number of hydrogen-bond acceptors (Lipinski definition) is 4. The van der Waals surface area contributed by atoms with Gasteiger partial charge in [0.05, 0.1) is 11.9 Å². The number of azo groups is 1. The minimum Gasteiger partial charge on any atom is -0.156 e. The van der Waals surface area contributed by atoms with Gasteiger partial charge in [-0.3, -0.25) is 0 Å². The van der Waals surface area contributed by atoms with E-state index in [0.717, 1.165) is 27.6 Å². The Morgan fingerprint density at radius 1 is 0.909 bits per heavy atom. The number of allylic oxidation sites excluding steroid dienone is 2. The first-order valence-corrected chi connectivity index (χ1v) is 7.11. The monoisotopic (exact) mass is 288 g/mol. The zero-order chi connectivity index (χ0) is 15.4. The first kappa shape index (κ1) is 14.1. The maximum absolute atomic E-state index is 4.32. The molecule has 0 unspecified atom stereocenters. The molecule has 2 aromatic carbocycles. The van der Waals surface area contributed by atoms with Crippen LogP contribution in [0.15, 0.2) is 76.7 Å². The third kappa shape index (κ3) is 2.91. The molecule has 0 saturated carbocycles. The summed E-state index contributed by atoms with van der Waals surface area (Å²) >= 11 is 0. The maximum atomic E-state index is 4.32. The lowest BCUT2D eigenvalue weighted by molar-refractivity contribution is 1.00. The molecule has 0 bridgehead atoms. The Labute approximate surface area is 129 Å². The Morgan fingerprint density at radius 2 is 1.64 bits per heavy atom. The minimum absolute atomic E-state index is 0.540. The highest BCUT2D eigenvalue weighted by atomic mass is 15.2. The third-order valence-electron chi connectivity index (χ3n) is 3.60. The molecule has 0 saturated heterocycles. The van der Waals surface area contributed by atoms with Gasteiger partial charge in [0.25, 0.3) is 0 Å². The number of rotatable bonds is 3. The summed E-state index contributed by atoms with van der Waals surface area (Å²) in [6.45, 7) is 3.99. The van der Waals surface area contributed by atoms with E-state index in [4.69, 9.17) is 0 Å². The first-order valence-electron chi connectivity index (χ1n) is 7.11. The fraction of sp³-hybridized carbons (Fsp3) is 0.111. The molecule has 0 N–H and O–H groups in total. The van der Waals surface area contributed by atoms with Gasteiger partial charge in [0.2, 0.25) is 5.82 Å².